The van der Waals surface area contributed by atoms with Crippen LogP contribution in [0.2, 0.25) is 0 Å². The normalized spacial score (nSPS) is 21.7. The molecule has 1 aromatic heterocycles. The Balaban J connectivity index is 0.00000261. The van der Waals surface area contributed by atoms with E-state index in [9.17, 15) is 0 Å². The van der Waals surface area contributed by atoms with E-state index < -0.39 is 0 Å². The van der Waals surface area contributed by atoms with E-state index in [4.69, 9.17) is 5.10 Å². The molecule has 0 radical (unpaired) electrons. The second-order valence-corrected chi connectivity index (χ2v) is 8.28. The van der Waals surface area contributed by atoms with Crippen molar-refractivity contribution < 1.29 is 0 Å². The standard InChI is InChI=1S/C20H36N6.HI/c1-15(2)26-14-17-5-6-18(13-19(17)24-26)23-20(21-4)22-9-12-25-10-7-16(3)8-11-25;/h14-16,18H,5-13H2,1-4H3,(H2,21,22,23);1H. The lowest BCUT2D eigenvalue weighted by Gasteiger charge is -2.30. The Kier molecular flexibility index (Phi) is 8.85. The van der Waals surface area contributed by atoms with Crippen molar-refractivity contribution in [1.29, 1.82) is 0 Å². The fourth-order valence-corrected chi connectivity index (χ4v) is 3.91. The number of nitrogens with zero attached hydrogens (tertiary/aromatic N) is 4. The van der Waals surface area contributed by atoms with Crippen LogP contribution in [0.4, 0.5) is 0 Å². The summed E-state index contributed by atoms with van der Waals surface area (Å²) in [6.07, 6.45) is 8.12. The molecule has 1 unspecified atom stereocenters. The van der Waals surface area contributed by atoms with Gasteiger partial charge in [-0.3, -0.25) is 9.67 Å². The van der Waals surface area contributed by atoms with Crippen LogP contribution in [0, 0.1) is 5.92 Å². The van der Waals surface area contributed by atoms with Crippen molar-refractivity contribution in [1.82, 2.24) is 25.3 Å². The molecule has 154 valence electrons. The summed E-state index contributed by atoms with van der Waals surface area (Å²) in [6.45, 7) is 11.2. The summed E-state index contributed by atoms with van der Waals surface area (Å²) in [4.78, 5) is 6.98. The molecule has 0 saturated carbocycles. The van der Waals surface area contributed by atoms with Gasteiger partial charge >= 0.3 is 0 Å². The van der Waals surface area contributed by atoms with Gasteiger partial charge in [0.15, 0.2) is 5.96 Å². The molecule has 2 N–H and O–H groups in total. The lowest BCUT2D eigenvalue weighted by atomic mass is 9.94. The van der Waals surface area contributed by atoms with Crippen molar-refractivity contribution in [2.24, 2.45) is 10.9 Å². The third kappa shape index (κ3) is 6.34. The topological polar surface area (TPSA) is 57.5 Å². The number of guanidine groups is 1. The smallest absolute Gasteiger partial charge is 0.191 e. The lowest BCUT2D eigenvalue weighted by Crippen LogP contribution is -2.48. The van der Waals surface area contributed by atoms with Crippen molar-refractivity contribution in [2.75, 3.05) is 33.2 Å². The van der Waals surface area contributed by atoms with Crippen molar-refractivity contribution in [3.05, 3.63) is 17.5 Å². The quantitative estimate of drug-likeness (QED) is 0.380. The molecule has 0 amide bonds. The summed E-state index contributed by atoms with van der Waals surface area (Å²) in [5, 5.41) is 11.9. The second-order valence-electron chi connectivity index (χ2n) is 8.28. The summed E-state index contributed by atoms with van der Waals surface area (Å²) >= 11 is 0. The summed E-state index contributed by atoms with van der Waals surface area (Å²) < 4.78 is 2.10. The van der Waals surface area contributed by atoms with Gasteiger partial charge in [-0.1, -0.05) is 6.92 Å². The van der Waals surface area contributed by atoms with Crippen LogP contribution in [0.15, 0.2) is 11.2 Å². The molecule has 6 nitrogen and oxygen atoms in total. The van der Waals surface area contributed by atoms with Gasteiger partial charge in [0.2, 0.25) is 0 Å². The van der Waals surface area contributed by atoms with Crippen LogP contribution in [-0.2, 0) is 12.8 Å². The fraction of sp³-hybridized carbons (Fsp3) is 0.800. The number of likely N-dealkylation sites (tertiary alicyclic amines) is 1. The van der Waals surface area contributed by atoms with E-state index in [2.05, 4.69) is 52.2 Å². The highest BCUT2D eigenvalue weighted by Gasteiger charge is 2.23. The molecular formula is C20H37IN6. The van der Waals surface area contributed by atoms with Crippen LogP contribution in [0.3, 0.4) is 0 Å². The van der Waals surface area contributed by atoms with Gasteiger partial charge in [0.1, 0.15) is 0 Å². The van der Waals surface area contributed by atoms with Gasteiger partial charge in [0, 0.05) is 44.8 Å². The molecule has 1 fully saturated rings. The Hall–Kier alpha value is -0.830. The zero-order chi connectivity index (χ0) is 18.5. The first-order valence-corrected chi connectivity index (χ1v) is 10.3. The minimum atomic E-state index is 0. The molecule has 0 aromatic carbocycles. The van der Waals surface area contributed by atoms with E-state index >= 15 is 0 Å². The van der Waals surface area contributed by atoms with Crippen LogP contribution in [-0.4, -0.2) is 59.9 Å². The Labute approximate surface area is 181 Å². The highest BCUT2D eigenvalue weighted by molar-refractivity contribution is 14.0. The lowest BCUT2D eigenvalue weighted by molar-refractivity contribution is 0.195. The Morgan fingerprint density at radius 3 is 2.70 bits per heavy atom. The van der Waals surface area contributed by atoms with Crippen LogP contribution in [0.1, 0.15) is 57.3 Å². The fourth-order valence-electron chi connectivity index (χ4n) is 3.91. The maximum Gasteiger partial charge on any atom is 0.191 e. The monoisotopic (exact) mass is 488 g/mol. The largest absolute Gasteiger partial charge is 0.355 e. The molecule has 2 aliphatic rings. The average Bonchev–Trinajstić information content (AvgIpc) is 3.06. The minimum absolute atomic E-state index is 0. The second kappa shape index (κ2) is 10.6. The zero-order valence-electron chi connectivity index (χ0n) is 17.4. The first-order chi connectivity index (χ1) is 12.5. The van der Waals surface area contributed by atoms with Gasteiger partial charge in [-0.15, -0.1) is 24.0 Å². The number of fused-ring (bicyclic) bond motifs is 1. The number of halogens is 1. The van der Waals surface area contributed by atoms with Crippen LogP contribution in [0.25, 0.3) is 0 Å². The van der Waals surface area contributed by atoms with Crippen molar-refractivity contribution in [2.45, 2.75) is 65.0 Å². The Bertz CT molecular complexity index is 604. The first-order valence-electron chi connectivity index (χ1n) is 10.3. The van der Waals surface area contributed by atoms with E-state index in [1.807, 2.05) is 7.05 Å². The van der Waals surface area contributed by atoms with Gasteiger partial charge < -0.3 is 15.5 Å². The van der Waals surface area contributed by atoms with E-state index in [-0.39, 0.29) is 24.0 Å². The molecule has 7 heteroatoms. The summed E-state index contributed by atoms with van der Waals surface area (Å²) in [6, 6.07) is 0.847. The number of piperidine rings is 1. The third-order valence-electron chi connectivity index (χ3n) is 5.79. The van der Waals surface area contributed by atoms with Crippen LogP contribution < -0.4 is 10.6 Å². The van der Waals surface area contributed by atoms with Crippen LogP contribution in [0.5, 0.6) is 0 Å². The van der Waals surface area contributed by atoms with Gasteiger partial charge in [-0.05, 0) is 64.1 Å². The molecule has 1 aliphatic heterocycles. The average molecular weight is 488 g/mol. The number of aliphatic imine (C=N–C) groups is 1. The molecule has 0 spiro atoms. The van der Waals surface area contributed by atoms with Gasteiger partial charge in [0.05, 0.1) is 5.69 Å². The van der Waals surface area contributed by atoms with E-state index in [1.165, 1.54) is 37.2 Å². The molecule has 1 aromatic rings. The van der Waals surface area contributed by atoms with Crippen molar-refractivity contribution in [3.63, 3.8) is 0 Å². The third-order valence-corrected chi connectivity index (χ3v) is 5.79. The van der Waals surface area contributed by atoms with Gasteiger partial charge in [-0.25, -0.2) is 0 Å². The predicted molar refractivity (Wildman–Crippen MR) is 123 cm³/mol. The van der Waals surface area contributed by atoms with E-state index in [0.717, 1.165) is 44.2 Å². The molecule has 3 rings (SSSR count). The predicted octanol–water partition coefficient (Wildman–Crippen LogP) is 2.84. The summed E-state index contributed by atoms with van der Waals surface area (Å²) in [5.41, 5.74) is 2.67. The number of aromatic nitrogens is 2. The number of hydrogen-bond acceptors (Lipinski definition) is 3. The molecule has 1 saturated heterocycles. The van der Waals surface area contributed by atoms with Crippen molar-refractivity contribution >= 4 is 29.9 Å². The van der Waals surface area contributed by atoms with E-state index in [1.54, 1.807) is 0 Å². The maximum atomic E-state index is 4.77. The molecule has 1 aliphatic carbocycles. The zero-order valence-corrected chi connectivity index (χ0v) is 19.7. The van der Waals surface area contributed by atoms with E-state index in [0.29, 0.717) is 12.1 Å². The number of hydrogen-bond donors (Lipinski definition) is 2. The molecular weight excluding hydrogens is 451 g/mol. The summed E-state index contributed by atoms with van der Waals surface area (Å²) in [7, 11) is 1.86. The SMILES string of the molecule is CN=C(NCCN1CCC(C)CC1)NC1CCc2cn(C(C)C)nc2C1.I. The Morgan fingerprint density at radius 1 is 1.30 bits per heavy atom. The minimum Gasteiger partial charge on any atom is -0.355 e. The van der Waals surface area contributed by atoms with Crippen molar-refractivity contribution in [3.8, 4) is 0 Å². The molecule has 0 bridgehead atoms. The highest BCUT2D eigenvalue weighted by atomic mass is 127. The maximum absolute atomic E-state index is 4.77. The first kappa shape index (κ1) is 22.5. The highest BCUT2D eigenvalue weighted by Crippen LogP contribution is 2.21. The molecule has 27 heavy (non-hydrogen) atoms. The molecule has 1 atom stereocenters. The number of aryl methyl sites for hydroxylation is 1. The summed E-state index contributed by atoms with van der Waals surface area (Å²) in [5.74, 6) is 1.82. The van der Waals surface area contributed by atoms with Gasteiger partial charge in [-0.2, -0.15) is 5.10 Å². The number of nitrogens with one attached hydrogen (secondary N) is 2. The van der Waals surface area contributed by atoms with Crippen LogP contribution >= 0.6 is 24.0 Å². The van der Waals surface area contributed by atoms with Gasteiger partial charge in [0.25, 0.3) is 0 Å². The molecule has 2 heterocycles. The number of rotatable bonds is 5. The Morgan fingerprint density at radius 2 is 2.04 bits per heavy atom.